The molecular weight excluding hydrogens is 282 g/mol. The van der Waals surface area contributed by atoms with Crippen molar-refractivity contribution in [3.05, 3.63) is 47.4 Å². The summed E-state index contributed by atoms with van der Waals surface area (Å²) in [6, 6.07) is 9.52. The van der Waals surface area contributed by atoms with Gasteiger partial charge in [-0.05, 0) is 24.3 Å². The zero-order valence-electron chi connectivity index (χ0n) is 9.77. The fourth-order valence-corrected chi connectivity index (χ4v) is 2.14. The Bertz CT molecular complexity index is 666. The van der Waals surface area contributed by atoms with Crippen LogP contribution in [-0.4, -0.2) is 21.5 Å². The highest BCUT2D eigenvalue weighted by Gasteiger charge is 2.15. The molecule has 1 aliphatic rings. The van der Waals surface area contributed by atoms with Crippen molar-refractivity contribution in [3.8, 4) is 5.69 Å². The Labute approximate surface area is 120 Å². The number of rotatable bonds is 2. The summed E-state index contributed by atoms with van der Waals surface area (Å²) in [6.45, 7) is 0. The molecule has 1 aliphatic heterocycles. The number of nitrogens with zero attached hydrogens (tertiary/aromatic N) is 4. The number of anilines is 1. The second-order valence-corrected chi connectivity index (χ2v) is 4.71. The molecule has 1 unspecified atom stereocenters. The molecule has 0 spiro atoms. The van der Waals surface area contributed by atoms with Gasteiger partial charge in [-0.3, -0.25) is 0 Å². The highest BCUT2D eigenvalue weighted by Crippen LogP contribution is 2.15. The van der Waals surface area contributed by atoms with Gasteiger partial charge in [0.2, 0.25) is 0 Å². The summed E-state index contributed by atoms with van der Waals surface area (Å²) in [4.78, 5) is 8.34. The fourth-order valence-electron chi connectivity index (χ4n) is 1.74. The van der Waals surface area contributed by atoms with Crippen LogP contribution in [0.1, 0.15) is 0 Å². The minimum atomic E-state index is -0.441. The van der Waals surface area contributed by atoms with Gasteiger partial charge < -0.3 is 4.57 Å². The molecule has 0 aliphatic carbocycles. The first kappa shape index (κ1) is 12.3. The number of hydrogen-bond acceptors (Lipinski definition) is 5. The summed E-state index contributed by atoms with van der Waals surface area (Å²) in [7, 11) is 0. The van der Waals surface area contributed by atoms with Crippen LogP contribution in [0, 0.1) is 4.64 Å². The quantitative estimate of drug-likeness (QED) is 0.524. The molecule has 2 aromatic heterocycles. The van der Waals surface area contributed by atoms with Gasteiger partial charge in [-0.15, -0.1) is 0 Å². The van der Waals surface area contributed by atoms with E-state index in [1.54, 1.807) is 17.5 Å². The van der Waals surface area contributed by atoms with Crippen LogP contribution in [0.25, 0.3) is 5.69 Å². The number of nitrogens with one attached hydrogen (secondary N) is 1. The zero-order chi connectivity index (χ0) is 13.2. The van der Waals surface area contributed by atoms with Gasteiger partial charge in [-0.1, -0.05) is 29.9 Å². The molecule has 2 aromatic rings. The van der Waals surface area contributed by atoms with Crippen molar-refractivity contribution >= 4 is 36.0 Å². The molecule has 0 saturated heterocycles. The molecule has 19 heavy (non-hydrogen) atoms. The molecule has 3 rings (SSSR count). The second kappa shape index (κ2) is 5.08. The van der Waals surface area contributed by atoms with E-state index in [1.807, 2.05) is 41.1 Å². The van der Waals surface area contributed by atoms with Crippen LogP contribution in [0.5, 0.6) is 0 Å². The number of hydrogen-bond donors (Lipinski definition) is 1. The van der Waals surface area contributed by atoms with Crippen molar-refractivity contribution in [2.24, 2.45) is 4.99 Å². The maximum atomic E-state index is 5.81. The average Bonchev–Trinajstić information content (AvgIpc) is 2.86. The van der Waals surface area contributed by atoms with E-state index in [-0.39, 0.29) is 0 Å². The van der Waals surface area contributed by atoms with Crippen LogP contribution in [-0.2, 0) is 0 Å². The standard InChI is InChI=1S/C12H10ClN5S/c13-12-15-8-18(16-12)10-5-4-9(7-14-10)17-6-2-1-3-11(17)19/h1-8,12,16H. The molecule has 0 amide bonds. The SMILES string of the molecule is S=c1ccccn1-c1ccc(N2C=NC(Cl)N2)nc1. The molecule has 7 heteroatoms. The molecule has 5 nitrogen and oxygen atoms in total. The average molecular weight is 292 g/mol. The molecular formula is C12H10ClN5S. The topological polar surface area (TPSA) is 45.5 Å². The first-order valence-corrected chi connectivity index (χ1v) is 6.45. The van der Waals surface area contributed by atoms with Crippen molar-refractivity contribution in [2.45, 2.75) is 5.62 Å². The first-order valence-electron chi connectivity index (χ1n) is 5.61. The lowest BCUT2D eigenvalue weighted by molar-refractivity contribution is 0.734. The number of halogens is 1. The Morgan fingerprint density at radius 2 is 2.16 bits per heavy atom. The Hall–Kier alpha value is -1.76. The number of aromatic nitrogens is 2. The third kappa shape index (κ3) is 2.51. The van der Waals surface area contributed by atoms with E-state index in [1.165, 1.54) is 0 Å². The van der Waals surface area contributed by atoms with Gasteiger partial charge in [0.1, 0.15) is 16.8 Å². The van der Waals surface area contributed by atoms with E-state index in [2.05, 4.69) is 15.4 Å². The van der Waals surface area contributed by atoms with Gasteiger partial charge in [0, 0.05) is 6.20 Å². The van der Waals surface area contributed by atoms with E-state index in [0.29, 0.717) is 0 Å². The van der Waals surface area contributed by atoms with E-state index < -0.39 is 5.62 Å². The fraction of sp³-hybridized carbons (Fsp3) is 0.0833. The molecule has 1 atom stereocenters. The lowest BCUT2D eigenvalue weighted by Crippen LogP contribution is -2.35. The van der Waals surface area contributed by atoms with E-state index in [9.17, 15) is 0 Å². The molecule has 3 heterocycles. The summed E-state index contributed by atoms with van der Waals surface area (Å²) in [5, 5.41) is 1.67. The lowest BCUT2D eigenvalue weighted by Gasteiger charge is -2.15. The highest BCUT2D eigenvalue weighted by molar-refractivity contribution is 7.71. The Balaban J connectivity index is 1.90. The van der Waals surface area contributed by atoms with Gasteiger partial charge in [0.15, 0.2) is 5.62 Å². The predicted molar refractivity (Wildman–Crippen MR) is 78.1 cm³/mol. The smallest absolute Gasteiger partial charge is 0.194 e. The number of alkyl halides is 1. The number of aliphatic imine (C=N–C) groups is 1. The third-order valence-electron chi connectivity index (χ3n) is 2.64. The number of pyridine rings is 2. The molecule has 0 fully saturated rings. The van der Waals surface area contributed by atoms with Crippen LogP contribution in [0.4, 0.5) is 5.82 Å². The molecule has 96 valence electrons. The van der Waals surface area contributed by atoms with Crippen LogP contribution < -0.4 is 10.4 Å². The van der Waals surface area contributed by atoms with Gasteiger partial charge in [-0.25, -0.2) is 15.0 Å². The Morgan fingerprint density at radius 1 is 1.26 bits per heavy atom. The van der Waals surface area contributed by atoms with Crippen molar-refractivity contribution in [1.29, 1.82) is 0 Å². The summed E-state index contributed by atoms with van der Waals surface area (Å²) in [5.41, 5.74) is 3.40. The molecule has 0 bridgehead atoms. The van der Waals surface area contributed by atoms with E-state index in [0.717, 1.165) is 16.1 Å². The molecule has 0 aromatic carbocycles. The summed E-state index contributed by atoms with van der Waals surface area (Å²) in [5.74, 6) is 0.720. The van der Waals surface area contributed by atoms with Crippen molar-refractivity contribution in [1.82, 2.24) is 15.0 Å². The van der Waals surface area contributed by atoms with Crippen LogP contribution in [0.15, 0.2) is 47.7 Å². The molecule has 0 radical (unpaired) electrons. The minimum absolute atomic E-state index is 0.441. The van der Waals surface area contributed by atoms with Crippen LogP contribution in [0.3, 0.4) is 0 Å². The highest BCUT2D eigenvalue weighted by atomic mass is 35.5. The minimum Gasteiger partial charge on any atom is -0.307 e. The number of hydrazine groups is 1. The monoisotopic (exact) mass is 291 g/mol. The van der Waals surface area contributed by atoms with Gasteiger partial charge in [0.05, 0.1) is 11.9 Å². The van der Waals surface area contributed by atoms with Crippen LogP contribution >= 0.6 is 23.8 Å². The maximum absolute atomic E-state index is 5.81. The second-order valence-electron chi connectivity index (χ2n) is 3.88. The lowest BCUT2D eigenvalue weighted by atomic mass is 10.3. The van der Waals surface area contributed by atoms with Gasteiger partial charge in [-0.2, -0.15) is 5.43 Å². The van der Waals surface area contributed by atoms with Crippen molar-refractivity contribution in [3.63, 3.8) is 0 Å². The van der Waals surface area contributed by atoms with E-state index >= 15 is 0 Å². The van der Waals surface area contributed by atoms with Gasteiger partial charge >= 0.3 is 0 Å². The van der Waals surface area contributed by atoms with Crippen LogP contribution in [0.2, 0.25) is 0 Å². The normalized spacial score (nSPS) is 17.9. The Kier molecular flexibility index (Phi) is 3.29. The maximum Gasteiger partial charge on any atom is 0.194 e. The summed E-state index contributed by atoms with van der Waals surface area (Å²) < 4.78 is 2.63. The predicted octanol–water partition coefficient (Wildman–Crippen LogP) is 2.48. The summed E-state index contributed by atoms with van der Waals surface area (Å²) >= 11 is 11.1. The van der Waals surface area contributed by atoms with Crippen molar-refractivity contribution < 1.29 is 0 Å². The third-order valence-corrected chi connectivity index (χ3v) is 3.18. The molecule has 1 N–H and O–H groups in total. The van der Waals surface area contributed by atoms with E-state index in [4.69, 9.17) is 23.8 Å². The van der Waals surface area contributed by atoms with Crippen molar-refractivity contribution in [2.75, 3.05) is 5.01 Å². The first-order chi connectivity index (χ1) is 9.24. The summed E-state index contributed by atoms with van der Waals surface area (Å²) in [6.07, 6.45) is 5.26. The van der Waals surface area contributed by atoms with Gasteiger partial charge in [0.25, 0.3) is 0 Å². The zero-order valence-corrected chi connectivity index (χ0v) is 11.3. The largest absolute Gasteiger partial charge is 0.307 e. The Morgan fingerprint density at radius 3 is 2.79 bits per heavy atom. The molecule has 0 saturated carbocycles.